The van der Waals surface area contributed by atoms with E-state index in [4.69, 9.17) is 19.9 Å². The Bertz CT molecular complexity index is 823. The largest absolute Gasteiger partial charge is 0.396 e. The van der Waals surface area contributed by atoms with E-state index < -0.39 is 17.6 Å². The molecule has 4 heterocycles. The predicted molar refractivity (Wildman–Crippen MR) is 81.6 cm³/mol. The molecule has 24 heavy (non-hydrogen) atoms. The molecule has 2 aromatic rings. The highest BCUT2D eigenvalue weighted by atomic mass is 16.8. The normalized spacial score (nSPS) is 39.6. The number of nitrogen functional groups attached to an aromatic ring is 1. The van der Waals surface area contributed by atoms with Crippen molar-refractivity contribution in [2.24, 2.45) is 5.92 Å². The fraction of sp³-hybridized carbons (Fsp3) is 0.667. The summed E-state index contributed by atoms with van der Waals surface area (Å²) in [5.41, 5.74) is 6.49. The van der Waals surface area contributed by atoms with Crippen LogP contribution in [0.1, 0.15) is 26.5 Å². The van der Waals surface area contributed by atoms with Gasteiger partial charge in [0.05, 0.1) is 6.33 Å². The molecular weight excluding hydrogens is 314 g/mol. The van der Waals surface area contributed by atoms with Gasteiger partial charge in [-0.05, 0) is 20.3 Å². The maximum atomic E-state index is 9.57. The molecule has 128 valence electrons. The van der Waals surface area contributed by atoms with Crippen molar-refractivity contribution in [2.45, 2.75) is 50.1 Å². The minimum Gasteiger partial charge on any atom is -0.396 e. The minimum absolute atomic E-state index is 0.0574. The zero-order valence-corrected chi connectivity index (χ0v) is 13.4. The lowest BCUT2D eigenvalue weighted by Crippen LogP contribution is -2.33. The topological polar surface area (TPSA) is 118 Å². The van der Waals surface area contributed by atoms with Gasteiger partial charge in [-0.2, -0.15) is 0 Å². The zero-order valence-electron chi connectivity index (χ0n) is 13.4. The van der Waals surface area contributed by atoms with Crippen molar-refractivity contribution in [3.05, 3.63) is 12.7 Å². The molecule has 0 bridgehead atoms. The summed E-state index contributed by atoms with van der Waals surface area (Å²) >= 11 is 0. The standard InChI is InChI=1S/C15H19N5O4/c1-14(2)22-9-10(23-14)15(3-7(15)4-21)24-13(9)20-6-19-8-11(16)17-5-18-12(8)20/h5-7,9-10,13,21H,3-4H2,1-2H3,(H2,16,17,18)/t7?,9-,10?,13?,15-/m0/s1. The van der Waals surface area contributed by atoms with Gasteiger partial charge in [-0.25, -0.2) is 15.0 Å². The first-order chi connectivity index (χ1) is 11.5. The Morgan fingerprint density at radius 2 is 2.12 bits per heavy atom. The van der Waals surface area contributed by atoms with E-state index in [1.165, 1.54) is 6.33 Å². The smallest absolute Gasteiger partial charge is 0.167 e. The molecule has 3 fully saturated rings. The fourth-order valence-electron chi connectivity index (χ4n) is 4.04. The Hall–Kier alpha value is -1.81. The van der Waals surface area contributed by atoms with Crippen LogP contribution in [0.2, 0.25) is 0 Å². The molecule has 3 aliphatic rings. The van der Waals surface area contributed by atoms with Gasteiger partial charge in [0.2, 0.25) is 0 Å². The number of aliphatic hydroxyl groups is 1. The highest BCUT2D eigenvalue weighted by Gasteiger charge is 2.73. The molecule has 2 aliphatic heterocycles. The third kappa shape index (κ3) is 1.75. The van der Waals surface area contributed by atoms with Crippen LogP contribution >= 0.6 is 0 Å². The summed E-state index contributed by atoms with van der Waals surface area (Å²) in [7, 11) is 0. The zero-order chi connectivity index (χ0) is 16.7. The lowest BCUT2D eigenvalue weighted by atomic mass is 10.1. The maximum absolute atomic E-state index is 9.57. The second-order valence-corrected chi connectivity index (χ2v) is 7.15. The van der Waals surface area contributed by atoms with Crippen molar-refractivity contribution < 1.29 is 19.3 Å². The number of aliphatic hydroxyl groups excluding tert-OH is 1. The second-order valence-electron chi connectivity index (χ2n) is 7.15. The molecule has 2 saturated heterocycles. The first-order valence-corrected chi connectivity index (χ1v) is 8.02. The van der Waals surface area contributed by atoms with Crippen LogP contribution < -0.4 is 5.73 Å². The van der Waals surface area contributed by atoms with E-state index >= 15 is 0 Å². The molecule has 0 amide bonds. The predicted octanol–water partition coefficient (Wildman–Crippen LogP) is 0.208. The van der Waals surface area contributed by atoms with Gasteiger partial charge in [0.1, 0.15) is 29.7 Å². The van der Waals surface area contributed by atoms with Gasteiger partial charge in [0.25, 0.3) is 0 Å². The lowest BCUT2D eigenvalue weighted by molar-refractivity contribution is -0.204. The summed E-state index contributed by atoms with van der Waals surface area (Å²) in [5.74, 6) is -0.314. The monoisotopic (exact) mass is 333 g/mol. The van der Waals surface area contributed by atoms with Gasteiger partial charge in [-0.3, -0.25) is 4.57 Å². The number of anilines is 1. The van der Waals surface area contributed by atoms with Crippen LogP contribution in [0.4, 0.5) is 5.82 Å². The van der Waals surface area contributed by atoms with Gasteiger partial charge in [-0.1, -0.05) is 0 Å². The quantitative estimate of drug-likeness (QED) is 0.801. The summed E-state index contributed by atoms with van der Waals surface area (Å²) < 4.78 is 20.3. The number of nitrogens with zero attached hydrogens (tertiary/aromatic N) is 4. The average Bonchev–Trinajstić information content (AvgIpc) is 2.78. The Labute approximate surface area is 137 Å². The third-order valence-electron chi connectivity index (χ3n) is 5.21. The van der Waals surface area contributed by atoms with Gasteiger partial charge in [-0.15, -0.1) is 0 Å². The number of hydrogen-bond acceptors (Lipinski definition) is 8. The molecule has 9 nitrogen and oxygen atoms in total. The van der Waals surface area contributed by atoms with Crippen LogP contribution in [0.25, 0.3) is 11.2 Å². The van der Waals surface area contributed by atoms with E-state index in [-0.39, 0.29) is 24.7 Å². The summed E-state index contributed by atoms with van der Waals surface area (Å²) in [5, 5.41) is 9.57. The Kier molecular flexibility index (Phi) is 2.68. The highest BCUT2D eigenvalue weighted by Crippen LogP contribution is 2.62. The molecule has 0 aromatic carbocycles. The SMILES string of the molecule is CC1(C)OC2[C@H](O1)C(n1cnc3c(N)ncnc31)O[C@]21CC1CO. The molecule has 3 N–H and O–H groups in total. The number of rotatable bonds is 2. The number of hydrogen-bond donors (Lipinski definition) is 2. The number of ether oxygens (including phenoxy) is 3. The van der Waals surface area contributed by atoms with Crippen molar-refractivity contribution in [1.82, 2.24) is 19.5 Å². The highest BCUT2D eigenvalue weighted by molar-refractivity contribution is 5.81. The van der Waals surface area contributed by atoms with Gasteiger partial charge in [0, 0.05) is 12.5 Å². The third-order valence-corrected chi connectivity index (χ3v) is 5.21. The van der Waals surface area contributed by atoms with E-state index in [0.717, 1.165) is 6.42 Å². The summed E-state index contributed by atoms with van der Waals surface area (Å²) in [6.07, 6.45) is 2.83. The molecule has 0 radical (unpaired) electrons. The van der Waals surface area contributed by atoms with Crippen molar-refractivity contribution in [3.63, 3.8) is 0 Å². The molecule has 1 saturated carbocycles. The Balaban J connectivity index is 1.59. The van der Waals surface area contributed by atoms with Crippen molar-refractivity contribution in [2.75, 3.05) is 12.3 Å². The van der Waals surface area contributed by atoms with E-state index in [9.17, 15) is 5.11 Å². The average molecular weight is 333 g/mol. The number of aromatic nitrogens is 4. The second kappa shape index (κ2) is 4.42. The summed E-state index contributed by atoms with van der Waals surface area (Å²) in [4.78, 5) is 12.6. The van der Waals surface area contributed by atoms with Gasteiger partial charge in [0.15, 0.2) is 23.5 Å². The Morgan fingerprint density at radius 1 is 1.29 bits per heavy atom. The van der Waals surface area contributed by atoms with Crippen LogP contribution in [0.15, 0.2) is 12.7 Å². The van der Waals surface area contributed by atoms with E-state index in [1.54, 1.807) is 6.33 Å². The first kappa shape index (κ1) is 14.5. The van der Waals surface area contributed by atoms with E-state index in [2.05, 4.69) is 15.0 Å². The van der Waals surface area contributed by atoms with Crippen LogP contribution in [-0.4, -0.2) is 54.8 Å². The first-order valence-electron chi connectivity index (χ1n) is 8.02. The molecule has 2 aromatic heterocycles. The lowest BCUT2D eigenvalue weighted by Gasteiger charge is -2.25. The van der Waals surface area contributed by atoms with Crippen LogP contribution in [0, 0.1) is 5.92 Å². The van der Waals surface area contributed by atoms with E-state index in [0.29, 0.717) is 17.0 Å². The van der Waals surface area contributed by atoms with Crippen molar-refractivity contribution in [3.8, 4) is 0 Å². The molecule has 1 spiro atoms. The molecular formula is C15H19N5O4. The van der Waals surface area contributed by atoms with Crippen LogP contribution in [0.5, 0.6) is 0 Å². The molecule has 5 atom stereocenters. The summed E-state index contributed by atoms with van der Waals surface area (Å²) in [6.45, 7) is 3.84. The van der Waals surface area contributed by atoms with Crippen LogP contribution in [-0.2, 0) is 14.2 Å². The summed E-state index contributed by atoms with van der Waals surface area (Å²) in [6, 6.07) is 0. The molecule has 5 rings (SSSR count). The molecule has 9 heteroatoms. The number of nitrogens with two attached hydrogens (primary N) is 1. The molecule has 3 unspecified atom stereocenters. The Morgan fingerprint density at radius 3 is 2.88 bits per heavy atom. The van der Waals surface area contributed by atoms with Crippen molar-refractivity contribution >= 4 is 17.0 Å². The van der Waals surface area contributed by atoms with Gasteiger partial charge >= 0.3 is 0 Å². The van der Waals surface area contributed by atoms with Crippen molar-refractivity contribution in [1.29, 1.82) is 0 Å². The van der Waals surface area contributed by atoms with Gasteiger partial charge < -0.3 is 25.1 Å². The van der Waals surface area contributed by atoms with E-state index in [1.807, 2.05) is 18.4 Å². The number of fused-ring (bicyclic) bond motifs is 3. The number of imidazole rings is 1. The van der Waals surface area contributed by atoms with Crippen LogP contribution in [0.3, 0.4) is 0 Å². The fourth-order valence-corrected chi connectivity index (χ4v) is 4.04. The molecule has 1 aliphatic carbocycles. The minimum atomic E-state index is -0.697. The maximum Gasteiger partial charge on any atom is 0.167 e.